The molecule has 0 spiro atoms. The van der Waals surface area contributed by atoms with Gasteiger partial charge in [-0.05, 0) is 39.5 Å². The first-order valence-corrected chi connectivity index (χ1v) is 8.39. The van der Waals surface area contributed by atoms with Crippen LogP contribution in [0.4, 0.5) is 4.79 Å². The predicted octanol–water partition coefficient (Wildman–Crippen LogP) is 1.75. The number of amides is 1. The van der Waals surface area contributed by atoms with Gasteiger partial charge in [0.25, 0.3) is 0 Å². The van der Waals surface area contributed by atoms with Gasteiger partial charge in [-0.1, -0.05) is 0 Å². The Balaban J connectivity index is 1.79. The van der Waals surface area contributed by atoms with Crippen molar-refractivity contribution in [3.63, 3.8) is 0 Å². The quantitative estimate of drug-likeness (QED) is 0.808. The molecule has 6 nitrogen and oxygen atoms in total. The number of thioether (sulfide) groups is 1. The molecule has 2 heterocycles. The molecule has 120 valence electrons. The van der Waals surface area contributed by atoms with E-state index in [1.807, 2.05) is 20.8 Å². The minimum absolute atomic E-state index is 0.187. The van der Waals surface area contributed by atoms with Gasteiger partial charge in [0.05, 0.1) is 5.37 Å². The second kappa shape index (κ2) is 6.44. The van der Waals surface area contributed by atoms with Crippen molar-refractivity contribution in [1.29, 1.82) is 0 Å². The van der Waals surface area contributed by atoms with Gasteiger partial charge in [0, 0.05) is 18.8 Å². The van der Waals surface area contributed by atoms with Crippen LogP contribution in [0.5, 0.6) is 0 Å². The lowest BCUT2D eigenvalue weighted by Gasteiger charge is -2.35. The molecule has 0 aromatic carbocycles. The summed E-state index contributed by atoms with van der Waals surface area (Å²) >= 11 is 1.68. The highest BCUT2D eigenvalue weighted by Gasteiger charge is 2.36. The molecule has 2 aliphatic heterocycles. The summed E-state index contributed by atoms with van der Waals surface area (Å²) < 4.78 is 5.37. The SMILES string of the molecule is CC(C)(C)OC(=O)N1CCC(C2N[C@H](C(=O)O)CS2)CC1. The van der Waals surface area contributed by atoms with Crippen molar-refractivity contribution >= 4 is 23.8 Å². The van der Waals surface area contributed by atoms with Crippen molar-refractivity contribution in [3.8, 4) is 0 Å². The zero-order valence-corrected chi connectivity index (χ0v) is 13.6. The van der Waals surface area contributed by atoms with Gasteiger partial charge in [-0.25, -0.2) is 4.79 Å². The molecule has 2 fully saturated rings. The number of carbonyl (C=O) groups is 2. The molecule has 2 aliphatic rings. The van der Waals surface area contributed by atoms with Crippen LogP contribution in [-0.2, 0) is 9.53 Å². The van der Waals surface area contributed by atoms with Gasteiger partial charge < -0.3 is 14.7 Å². The summed E-state index contributed by atoms with van der Waals surface area (Å²) in [5.41, 5.74) is -0.467. The van der Waals surface area contributed by atoms with Gasteiger partial charge in [0.2, 0.25) is 0 Å². The van der Waals surface area contributed by atoms with E-state index < -0.39 is 17.6 Å². The molecular weight excluding hydrogens is 292 g/mol. The van der Waals surface area contributed by atoms with Crippen molar-refractivity contribution in [2.75, 3.05) is 18.8 Å². The fourth-order valence-electron chi connectivity index (χ4n) is 2.62. The van der Waals surface area contributed by atoms with Gasteiger partial charge in [0.1, 0.15) is 11.6 Å². The Morgan fingerprint density at radius 1 is 1.29 bits per heavy atom. The van der Waals surface area contributed by atoms with Crippen LogP contribution in [0.15, 0.2) is 0 Å². The minimum Gasteiger partial charge on any atom is -0.480 e. The van der Waals surface area contributed by atoms with Crippen molar-refractivity contribution in [2.45, 2.75) is 50.6 Å². The molecule has 0 radical (unpaired) electrons. The van der Waals surface area contributed by atoms with E-state index in [0.717, 1.165) is 12.8 Å². The maximum atomic E-state index is 12.0. The van der Waals surface area contributed by atoms with Gasteiger partial charge in [-0.3, -0.25) is 10.1 Å². The van der Waals surface area contributed by atoms with E-state index in [0.29, 0.717) is 24.8 Å². The Bertz CT molecular complexity index is 402. The van der Waals surface area contributed by atoms with Crippen LogP contribution in [0.1, 0.15) is 33.6 Å². The number of hydrogen-bond acceptors (Lipinski definition) is 5. The third kappa shape index (κ3) is 4.51. The zero-order chi connectivity index (χ0) is 15.6. The lowest BCUT2D eigenvalue weighted by molar-refractivity contribution is -0.138. The third-order valence-corrected chi connectivity index (χ3v) is 5.13. The highest BCUT2D eigenvalue weighted by Crippen LogP contribution is 2.32. The molecule has 2 rings (SSSR count). The summed E-state index contributed by atoms with van der Waals surface area (Å²) in [7, 11) is 0. The molecule has 21 heavy (non-hydrogen) atoms. The molecule has 2 atom stereocenters. The van der Waals surface area contributed by atoms with Crippen LogP contribution >= 0.6 is 11.8 Å². The molecule has 2 N–H and O–H groups in total. The van der Waals surface area contributed by atoms with Gasteiger partial charge in [-0.2, -0.15) is 0 Å². The minimum atomic E-state index is -0.781. The smallest absolute Gasteiger partial charge is 0.410 e. The van der Waals surface area contributed by atoms with E-state index >= 15 is 0 Å². The first-order valence-electron chi connectivity index (χ1n) is 7.34. The van der Waals surface area contributed by atoms with Crippen LogP contribution in [-0.4, -0.2) is 57.9 Å². The van der Waals surface area contributed by atoms with E-state index in [2.05, 4.69) is 5.32 Å². The van der Waals surface area contributed by atoms with Crippen LogP contribution < -0.4 is 5.32 Å². The van der Waals surface area contributed by atoms with Crippen molar-refractivity contribution < 1.29 is 19.4 Å². The maximum Gasteiger partial charge on any atom is 0.410 e. The fourth-order valence-corrected chi connectivity index (χ4v) is 4.06. The number of carboxylic acid groups (broad SMARTS) is 1. The monoisotopic (exact) mass is 316 g/mol. The maximum absolute atomic E-state index is 12.0. The molecule has 0 aromatic heterocycles. The molecule has 0 aliphatic carbocycles. The average Bonchev–Trinajstić information content (AvgIpc) is 2.86. The second-order valence-electron chi connectivity index (χ2n) is 6.62. The van der Waals surface area contributed by atoms with Crippen LogP contribution in [0.2, 0.25) is 0 Å². The summed E-state index contributed by atoms with van der Waals surface area (Å²) in [6.45, 7) is 6.94. The number of carboxylic acids is 1. The number of nitrogens with one attached hydrogen (secondary N) is 1. The number of hydrogen-bond donors (Lipinski definition) is 2. The van der Waals surface area contributed by atoms with Crippen LogP contribution in [0.25, 0.3) is 0 Å². The van der Waals surface area contributed by atoms with E-state index in [1.54, 1.807) is 16.7 Å². The second-order valence-corrected chi connectivity index (χ2v) is 7.79. The van der Waals surface area contributed by atoms with Gasteiger partial charge in [0.15, 0.2) is 0 Å². The summed E-state index contributed by atoms with van der Waals surface area (Å²) in [6.07, 6.45) is 1.52. The Kier molecular flexibility index (Phi) is 5.03. The summed E-state index contributed by atoms with van der Waals surface area (Å²) in [6, 6.07) is -0.441. The van der Waals surface area contributed by atoms with Crippen LogP contribution in [0.3, 0.4) is 0 Å². The van der Waals surface area contributed by atoms with Crippen molar-refractivity contribution in [1.82, 2.24) is 10.2 Å². The first kappa shape index (κ1) is 16.4. The molecular formula is C14H24N2O4S. The van der Waals surface area contributed by atoms with Crippen molar-refractivity contribution in [2.24, 2.45) is 5.92 Å². The number of nitrogens with zero attached hydrogens (tertiary/aromatic N) is 1. The molecule has 0 bridgehead atoms. The van der Waals surface area contributed by atoms with Gasteiger partial charge >= 0.3 is 12.1 Å². The summed E-state index contributed by atoms with van der Waals surface area (Å²) in [4.78, 5) is 24.7. The Hall–Kier alpha value is -0.950. The molecule has 2 saturated heterocycles. The highest BCUT2D eigenvalue weighted by atomic mass is 32.2. The van der Waals surface area contributed by atoms with Crippen LogP contribution in [0, 0.1) is 5.92 Å². The topological polar surface area (TPSA) is 78.9 Å². The first-order chi connectivity index (χ1) is 9.76. The van der Waals surface area contributed by atoms with E-state index in [1.165, 1.54) is 0 Å². The van der Waals surface area contributed by atoms with Gasteiger partial charge in [-0.15, -0.1) is 11.8 Å². The number of aliphatic carboxylic acids is 1. The third-order valence-electron chi connectivity index (χ3n) is 3.73. The highest BCUT2D eigenvalue weighted by molar-refractivity contribution is 8.00. The Labute approximate surface area is 129 Å². The fraction of sp³-hybridized carbons (Fsp3) is 0.857. The van der Waals surface area contributed by atoms with Crippen molar-refractivity contribution in [3.05, 3.63) is 0 Å². The molecule has 1 unspecified atom stereocenters. The summed E-state index contributed by atoms with van der Waals surface area (Å²) in [5, 5.41) is 12.4. The molecule has 0 saturated carbocycles. The molecule has 0 aromatic rings. The standard InChI is InChI=1S/C14H24N2O4S/c1-14(2,3)20-13(19)16-6-4-9(5-7-16)11-15-10(8-21-11)12(17)18/h9-11,15H,4-8H2,1-3H3,(H,17,18)/t10-,11?/m0/s1. The lowest BCUT2D eigenvalue weighted by atomic mass is 9.96. The number of carbonyl (C=O) groups excluding carboxylic acids is 1. The normalized spacial score (nSPS) is 27.7. The lowest BCUT2D eigenvalue weighted by Crippen LogP contribution is -2.46. The number of rotatable bonds is 2. The zero-order valence-electron chi connectivity index (χ0n) is 12.8. The number of ether oxygens (including phenoxy) is 1. The van der Waals surface area contributed by atoms with E-state index in [4.69, 9.17) is 9.84 Å². The molecule has 1 amide bonds. The number of likely N-dealkylation sites (tertiary alicyclic amines) is 1. The molecule has 7 heteroatoms. The van der Waals surface area contributed by atoms with E-state index in [9.17, 15) is 9.59 Å². The Morgan fingerprint density at radius 2 is 1.90 bits per heavy atom. The number of piperidine rings is 1. The Morgan fingerprint density at radius 3 is 2.38 bits per heavy atom. The van der Waals surface area contributed by atoms with E-state index in [-0.39, 0.29) is 11.5 Å². The summed E-state index contributed by atoms with van der Waals surface area (Å²) in [5.74, 6) is 0.251. The largest absolute Gasteiger partial charge is 0.480 e. The average molecular weight is 316 g/mol. The predicted molar refractivity (Wildman–Crippen MR) is 81.3 cm³/mol.